The van der Waals surface area contributed by atoms with Crippen molar-refractivity contribution in [3.05, 3.63) is 11.8 Å². The zero-order chi connectivity index (χ0) is 13.5. The number of rotatable bonds is 7. The van der Waals surface area contributed by atoms with Crippen LogP contribution in [0.3, 0.4) is 0 Å². The molecule has 2 heterocycles. The van der Waals surface area contributed by atoms with Gasteiger partial charge < -0.3 is 10.6 Å². The molecule has 2 N–H and O–H groups in total. The van der Waals surface area contributed by atoms with Gasteiger partial charge in [0.1, 0.15) is 5.69 Å². The van der Waals surface area contributed by atoms with Crippen LogP contribution in [-0.4, -0.2) is 27.9 Å². The van der Waals surface area contributed by atoms with Crippen LogP contribution in [0, 0.1) is 0 Å². The van der Waals surface area contributed by atoms with Gasteiger partial charge in [0, 0.05) is 12.6 Å². The second-order valence-corrected chi connectivity index (χ2v) is 5.60. The largest absolute Gasteiger partial charge is 0.367 e. The van der Waals surface area contributed by atoms with Crippen LogP contribution in [0.15, 0.2) is 6.08 Å². The van der Waals surface area contributed by atoms with Crippen molar-refractivity contribution in [3.63, 3.8) is 0 Å². The maximum atomic E-state index is 4.47. The van der Waals surface area contributed by atoms with E-state index in [0.29, 0.717) is 6.04 Å². The molecule has 0 saturated carbocycles. The number of nitrogens with zero attached hydrogens (tertiary/aromatic N) is 2. The third kappa shape index (κ3) is 4.01. The zero-order valence-corrected chi connectivity index (χ0v) is 12.7. The Bertz CT molecular complexity index is 413. The van der Waals surface area contributed by atoms with Crippen molar-refractivity contribution in [3.8, 4) is 0 Å². The van der Waals surface area contributed by atoms with E-state index in [1.54, 1.807) is 0 Å². The van der Waals surface area contributed by atoms with Crippen molar-refractivity contribution in [1.29, 1.82) is 0 Å². The van der Waals surface area contributed by atoms with Crippen molar-refractivity contribution >= 4 is 23.1 Å². The lowest BCUT2D eigenvalue weighted by Crippen LogP contribution is -2.31. The predicted molar refractivity (Wildman–Crippen MR) is 82.6 cm³/mol. The Balaban J connectivity index is 1.92. The van der Waals surface area contributed by atoms with E-state index in [1.165, 1.54) is 43.0 Å². The fraction of sp³-hybridized carbons (Fsp3) is 0.714. The molecule has 0 aliphatic carbocycles. The van der Waals surface area contributed by atoms with Gasteiger partial charge in [-0.25, -0.2) is 0 Å². The molecule has 0 amide bonds. The van der Waals surface area contributed by atoms with Gasteiger partial charge in [-0.1, -0.05) is 32.3 Å². The second-order valence-electron chi connectivity index (χ2n) is 5.07. The molecule has 19 heavy (non-hydrogen) atoms. The van der Waals surface area contributed by atoms with E-state index in [2.05, 4.69) is 39.3 Å². The molecule has 0 saturated heterocycles. The van der Waals surface area contributed by atoms with Crippen molar-refractivity contribution in [1.82, 2.24) is 14.1 Å². The Hall–Kier alpha value is -0.940. The molecule has 4 nitrogen and oxygen atoms in total. The van der Waals surface area contributed by atoms with Gasteiger partial charge in [0.2, 0.25) is 0 Å². The fourth-order valence-corrected chi connectivity index (χ4v) is 2.92. The summed E-state index contributed by atoms with van der Waals surface area (Å²) in [6.45, 7) is 6.48. The van der Waals surface area contributed by atoms with Gasteiger partial charge in [-0.15, -0.1) is 0 Å². The Kier molecular flexibility index (Phi) is 5.79. The van der Waals surface area contributed by atoms with Gasteiger partial charge in [0.15, 0.2) is 5.82 Å². The normalized spacial score (nSPS) is 19.3. The van der Waals surface area contributed by atoms with Crippen LogP contribution < -0.4 is 10.6 Å². The lowest BCUT2D eigenvalue weighted by Gasteiger charge is -2.21. The van der Waals surface area contributed by atoms with Gasteiger partial charge in [-0.05, 0) is 31.9 Å². The molecule has 1 aromatic heterocycles. The summed E-state index contributed by atoms with van der Waals surface area (Å²) in [5.41, 5.74) is 2.33. The first-order chi connectivity index (χ1) is 9.33. The highest BCUT2D eigenvalue weighted by atomic mass is 32.1. The molecule has 1 unspecified atom stereocenters. The van der Waals surface area contributed by atoms with E-state index in [0.717, 1.165) is 31.0 Å². The van der Waals surface area contributed by atoms with E-state index in [1.807, 2.05) is 0 Å². The molecule has 0 aromatic carbocycles. The van der Waals surface area contributed by atoms with Crippen LogP contribution in [0.25, 0.3) is 5.57 Å². The van der Waals surface area contributed by atoms with Gasteiger partial charge in [0.25, 0.3) is 0 Å². The van der Waals surface area contributed by atoms with Crippen molar-refractivity contribution in [2.24, 2.45) is 0 Å². The third-order valence-electron chi connectivity index (χ3n) is 3.51. The van der Waals surface area contributed by atoms with Gasteiger partial charge in [-0.2, -0.15) is 8.75 Å². The first-order valence-electron chi connectivity index (χ1n) is 7.33. The van der Waals surface area contributed by atoms with Crippen LogP contribution in [0.4, 0.5) is 5.82 Å². The van der Waals surface area contributed by atoms with E-state index in [9.17, 15) is 0 Å². The third-order valence-corrected chi connectivity index (χ3v) is 4.04. The van der Waals surface area contributed by atoms with Crippen LogP contribution in [-0.2, 0) is 0 Å². The summed E-state index contributed by atoms with van der Waals surface area (Å²) in [5, 5.41) is 6.91. The molecule has 0 bridgehead atoms. The van der Waals surface area contributed by atoms with Crippen molar-refractivity contribution < 1.29 is 0 Å². The molecule has 1 aromatic rings. The van der Waals surface area contributed by atoms with E-state index >= 15 is 0 Å². The van der Waals surface area contributed by atoms with Crippen LogP contribution >= 0.6 is 11.7 Å². The average molecular weight is 280 g/mol. The predicted octanol–water partition coefficient (Wildman–Crippen LogP) is 3.30. The molecule has 0 spiro atoms. The Morgan fingerprint density at radius 2 is 2.26 bits per heavy atom. The average Bonchev–Trinajstić information content (AvgIpc) is 2.87. The summed E-state index contributed by atoms with van der Waals surface area (Å²) in [6.07, 6.45) is 8.46. The fourth-order valence-electron chi connectivity index (χ4n) is 2.37. The second kappa shape index (κ2) is 7.60. The van der Waals surface area contributed by atoms with Crippen LogP contribution in [0.1, 0.15) is 51.6 Å². The van der Waals surface area contributed by atoms with Crippen molar-refractivity contribution in [2.75, 3.05) is 18.4 Å². The topological polar surface area (TPSA) is 49.8 Å². The highest BCUT2D eigenvalue weighted by Crippen LogP contribution is 2.26. The standard InChI is InChI=1S/C14H24N4S/c1-3-4-5-6-9-16-14-13(17-19-18-14)12-8-7-10-15-11(12)2/h8,11,15H,3-7,9-10H2,1-2H3,(H,16,18). The minimum Gasteiger partial charge on any atom is -0.367 e. The SMILES string of the molecule is CCCCCCNc1nsnc1C1=CCCNC1C. The maximum absolute atomic E-state index is 4.47. The van der Waals surface area contributed by atoms with Gasteiger partial charge >= 0.3 is 0 Å². The molecular formula is C14H24N4S. The first kappa shape index (κ1) is 14.5. The molecule has 106 valence electrons. The molecule has 5 heteroatoms. The number of hydrogen-bond acceptors (Lipinski definition) is 5. The summed E-state index contributed by atoms with van der Waals surface area (Å²) >= 11 is 1.30. The van der Waals surface area contributed by atoms with E-state index in [4.69, 9.17) is 0 Å². The molecule has 0 radical (unpaired) electrons. The van der Waals surface area contributed by atoms with Crippen LogP contribution in [0.5, 0.6) is 0 Å². The minimum atomic E-state index is 0.373. The van der Waals surface area contributed by atoms with Gasteiger partial charge in [-0.3, -0.25) is 0 Å². The number of anilines is 1. The maximum Gasteiger partial charge on any atom is 0.167 e. The smallest absolute Gasteiger partial charge is 0.167 e. The number of nitrogens with one attached hydrogen (secondary N) is 2. The lowest BCUT2D eigenvalue weighted by molar-refractivity contribution is 0.626. The number of hydrogen-bond donors (Lipinski definition) is 2. The molecule has 0 fully saturated rings. The Morgan fingerprint density at radius 1 is 1.37 bits per heavy atom. The molecule has 1 aliphatic heterocycles. The Morgan fingerprint density at radius 3 is 3.05 bits per heavy atom. The lowest BCUT2D eigenvalue weighted by atomic mass is 10.0. The monoisotopic (exact) mass is 280 g/mol. The summed E-state index contributed by atoms with van der Waals surface area (Å²) in [6, 6.07) is 0.373. The molecular weight excluding hydrogens is 256 g/mol. The summed E-state index contributed by atoms with van der Waals surface area (Å²) in [4.78, 5) is 0. The molecule has 2 rings (SSSR count). The van der Waals surface area contributed by atoms with Crippen LogP contribution in [0.2, 0.25) is 0 Å². The summed E-state index contributed by atoms with van der Waals surface area (Å²) in [5.74, 6) is 0.961. The number of aromatic nitrogens is 2. The first-order valence-corrected chi connectivity index (χ1v) is 8.06. The summed E-state index contributed by atoms with van der Waals surface area (Å²) in [7, 11) is 0. The quantitative estimate of drug-likeness (QED) is 0.752. The van der Waals surface area contributed by atoms with Crippen molar-refractivity contribution in [2.45, 2.75) is 52.0 Å². The van der Waals surface area contributed by atoms with Gasteiger partial charge in [0.05, 0.1) is 11.7 Å². The van der Waals surface area contributed by atoms with E-state index in [-0.39, 0.29) is 0 Å². The zero-order valence-electron chi connectivity index (χ0n) is 11.9. The minimum absolute atomic E-state index is 0.373. The molecule has 1 aliphatic rings. The van der Waals surface area contributed by atoms with E-state index < -0.39 is 0 Å². The molecule has 1 atom stereocenters. The Labute approximate surface area is 120 Å². The number of unbranched alkanes of at least 4 members (excludes halogenated alkanes) is 3. The highest BCUT2D eigenvalue weighted by Gasteiger charge is 2.19. The highest BCUT2D eigenvalue weighted by molar-refractivity contribution is 6.99. The summed E-state index contributed by atoms with van der Waals surface area (Å²) < 4.78 is 8.86.